The molecule has 17 heavy (non-hydrogen) atoms. The van der Waals surface area contributed by atoms with Gasteiger partial charge in [0.2, 0.25) is 0 Å². The van der Waals surface area contributed by atoms with E-state index in [2.05, 4.69) is 0 Å². The van der Waals surface area contributed by atoms with Crippen molar-refractivity contribution in [1.29, 1.82) is 0 Å². The summed E-state index contributed by atoms with van der Waals surface area (Å²) in [7, 11) is 0. The first-order valence-electron chi connectivity index (χ1n) is 6.86. The van der Waals surface area contributed by atoms with E-state index in [9.17, 15) is 4.79 Å². The molecule has 0 radical (unpaired) electrons. The molecule has 2 nitrogen and oxygen atoms in total. The molecule has 10 aliphatic heterocycles. The van der Waals surface area contributed by atoms with Crippen LogP contribution in [0.4, 0.5) is 0 Å². The Kier molecular flexibility index (Phi) is 0.213. The van der Waals surface area contributed by atoms with Crippen LogP contribution in [-0.2, 0) is 16.0 Å². The first kappa shape index (κ1) is 6.74. The predicted octanol–water partition coefficient (Wildman–Crippen LogP) is 3.53. The molecule has 10 rings (SSSR count). The number of carbonyl (C=O) groups is 1. The van der Waals surface area contributed by atoms with E-state index in [-0.39, 0.29) is 0 Å². The molecule has 10 heterocycles. The van der Waals surface area contributed by atoms with Gasteiger partial charge in [0.05, 0.1) is 0 Å². The van der Waals surface area contributed by atoms with Gasteiger partial charge in [0.1, 0.15) is 0 Å². The summed E-state index contributed by atoms with van der Waals surface area (Å²) >= 11 is 5.77. The van der Waals surface area contributed by atoms with Crippen molar-refractivity contribution in [3.05, 3.63) is 0 Å². The van der Waals surface area contributed by atoms with Crippen LogP contribution in [0.5, 0.6) is 0 Å². The fraction of sp³-hybridized carbons (Fsp3) is 0.923. The first-order chi connectivity index (χ1) is 8.05. The Labute approximate surface area is 93.7 Å². The van der Waals surface area contributed by atoms with Crippen molar-refractivity contribution in [3.8, 4) is 0 Å². The van der Waals surface area contributed by atoms with Crippen molar-refractivity contribution < 1.29 is 16.0 Å². The van der Waals surface area contributed by atoms with Crippen LogP contribution in [0.1, 0.15) is 0 Å². The quantitative estimate of drug-likeness (QED) is 0.450. The van der Waals surface area contributed by atoms with Gasteiger partial charge < -0.3 is 0 Å². The molecule has 0 aliphatic carbocycles. The minimum absolute atomic E-state index is 0.363. The second kappa shape index (κ2) is 0.537. The summed E-state index contributed by atoms with van der Waals surface area (Å²) in [5.41, 5.74) is 0. The zero-order valence-corrected chi connectivity index (χ0v) is 11.0. The molecule has 10 fully saturated rings. The molecule has 0 amide bonds. The standard InChI is InChI=1S/C7H8ClO.C6H5O.Fe/c8-6-9-5-7-3-1-2-4-7;7-5-6-3-1-2-4-6;/h1-4H,5-6H2;1-5H;. The molecule has 4 heteroatoms. The normalized spacial score (nSPS) is 123. The molecule has 0 aromatic carbocycles. The average Bonchev–Trinajstić information content (AvgIpc) is 3.29. The summed E-state index contributed by atoms with van der Waals surface area (Å²) < 4.78 is 6.80. The third-order valence-electron chi connectivity index (χ3n) is 15.8. The van der Waals surface area contributed by atoms with Gasteiger partial charge in [-0.25, -0.2) is 0 Å². The topological polar surface area (TPSA) is 26.3 Å². The molecule has 8 atom stereocenters. The number of carbonyl (C=O) groups excluding carboxylic acids is 1. The van der Waals surface area contributed by atoms with Crippen LogP contribution >= 0.6 is 11.6 Å². The molecule has 0 aromatic heterocycles. The van der Waals surface area contributed by atoms with Gasteiger partial charge in [0.15, 0.2) is 0 Å². The Morgan fingerprint density at radius 3 is 2.06 bits per heavy atom. The molecule has 0 N–H and O–H groups in total. The summed E-state index contributed by atoms with van der Waals surface area (Å²) in [6, 6.07) is 0.363. The molecular weight excluding hydrogens is 279 g/mol. The van der Waals surface area contributed by atoms with E-state index in [1.807, 2.05) is 0 Å². The fourth-order valence-corrected chi connectivity index (χ4v) is 93.9. The second-order valence-electron chi connectivity index (χ2n) is 10.6. The number of fused-ring (bicyclic) bond motifs is 10. The van der Waals surface area contributed by atoms with Gasteiger partial charge in [-0.2, -0.15) is 0 Å². The monoisotopic (exact) mass is 292 g/mol. The van der Waals surface area contributed by atoms with E-state index in [0.717, 1.165) is 25.9 Å². The Bertz CT molecular complexity index is 1010. The average molecular weight is 293 g/mol. The van der Waals surface area contributed by atoms with Gasteiger partial charge in [-0.15, -0.1) is 0 Å². The number of ether oxygens (including phenoxy) is 1. The summed E-state index contributed by atoms with van der Waals surface area (Å²) in [5, 5.41) is 0. The van der Waals surface area contributed by atoms with E-state index in [0.29, 0.717) is 14.7 Å². The predicted molar refractivity (Wildman–Crippen MR) is 58.1 cm³/mol. The van der Waals surface area contributed by atoms with E-state index in [4.69, 9.17) is 16.3 Å². The Morgan fingerprint density at radius 2 is 1.71 bits per heavy atom. The van der Waals surface area contributed by atoms with E-state index >= 15 is 0 Å². The van der Waals surface area contributed by atoms with Crippen LogP contribution in [-0.4, -0.2) is 19.0 Å². The summed E-state index contributed by atoms with van der Waals surface area (Å²) in [5.74, 6) is 0. The summed E-state index contributed by atoms with van der Waals surface area (Å²) in [6.45, 7) is -2.36. The maximum atomic E-state index is 12.0. The van der Waals surface area contributed by atoms with Crippen LogP contribution in [0.25, 0.3) is 0 Å². The summed E-state index contributed by atoms with van der Waals surface area (Å²) in [4.78, 5) is 21.0. The first-order valence-corrected chi connectivity index (χ1v) is 13.6. The van der Waals surface area contributed by atoms with Crippen molar-refractivity contribution in [2.45, 2.75) is 47.2 Å². The maximum absolute atomic E-state index is 12.0. The van der Waals surface area contributed by atoms with Gasteiger partial charge in [0, 0.05) is 0 Å². The Morgan fingerprint density at radius 1 is 1.12 bits per heavy atom. The number of hydrogen-bond acceptors (Lipinski definition) is 2. The molecule has 10 aliphatic rings. The van der Waals surface area contributed by atoms with Crippen LogP contribution < -0.4 is 0 Å². The molecule has 0 saturated carbocycles. The number of alkyl halides is 1. The second-order valence-corrected chi connectivity index (χ2v) is 34.1. The molecular formula is C13H13ClFeO2. The minimum atomic E-state index is -3.34. The molecule has 0 bridgehead atoms. The van der Waals surface area contributed by atoms with Gasteiger partial charge in [-0.3, -0.25) is 0 Å². The molecule has 0 aromatic rings. The van der Waals surface area contributed by atoms with Gasteiger partial charge in [0.25, 0.3) is 0 Å². The van der Waals surface area contributed by atoms with Crippen molar-refractivity contribution in [2.24, 2.45) is 0 Å². The molecule has 92 valence electrons. The molecule has 1 spiro atoms. The number of rotatable bonds is 4. The van der Waals surface area contributed by atoms with Crippen molar-refractivity contribution >= 4 is 17.9 Å². The Balaban J connectivity index is 1.60. The SMILES string of the molecule is O=C[C]12[CH]3[CH]4[CH]5[CH]1[Fe]45321678[CH]2[CH]1[CH]6[C]7(COCCl)[CH]28. The zero-order valence-electron chi connectivity index (χ0n) is 9.16. The van der Waals surface area contributed by atoms with E-state index in [1.165, 1.54) is 25.6 Å². The van der Waals surface area contributed by atoms with Crippen molar-refractivity contribution in [1.82, 2.24) is 0 Å². The van der Waals surface area contributed by atoms with Crippen LogP contribution in [0.15, 0.2) is 0 Å². The third kappa shape index (κ3) is 0.0624. The number of hydrogen-bond donors (Lipinski definition) is 0. The Hall–Kier alpha value is 0.439. The van der Waals surface area contributed by atoms with Crippen molar-refractivity contribution in [2.75, 3.05) is 12.7 Å². The fourth-order valence-electron chi connectivity index (χ4n) is 18.1. The van der Waals surface area contributed by atoms with E-state index in [1.54, 1.807) is 0 Å². The van der Waals surface area contributed by atoms with Crippen molar-refractivity contribution in [3.63, 3.8) is 0 Å². The van der Waals surface area contributed by atoms with Crippen LogP contribution in [0.2, 0.25) is 47.2 Å². The zero-order chi connectivity index (χ0) is 10.8. The van der Waals surface area contributed by atoms with Gasteiger partial charge >= 0.3 is 93.8 Å². The third-order valence-corrected chi connectivity index (χ3v) is 59.4. The number of aldehydes is 1. The summed E-state index contributed by atoms with van der Waals surface area (Å²) in [6.07, 6.45) is 1.53. The van der Waals surface area contributed by atoms with Crippen LogP contribution in [0, 0.1) is 0 Å². The van der Waals surface area contributed by atoms with Gasteiger partial charge in [-0.05, 0) is 0 Å². The molecule has 8 unspecified atom stereocenters. The van der Waals surface area contributed by atoms with Gasteiger partial charge in [-0.1, -0.05) is 0 Å². The number of halogens is 1. The molecule has 10 saturated heterocycles. The van der Waals surface area contributed by atoms with E-state index < -0.39 is 6.51 Å². The van der Waals surface area contributed by atoms with Crippen LogP contribution in [0.3, 0.4) is 0 Å².